The monoisotopic (exact) mass is 281 g/mol. The average Bonchev–Trinajstić information content (AvgIpc) is 2.68. The quantitative estimate of drug-likeness (QED) is 0.586. The summed E-state index contributed by atoms with van der Waals surface area (Å²) in [6, 6.07) is 0. The Morgan fingerprint density at radius 2 is 2.26 bits per heavy atom. The Morgan fingerprint density at radius 3 is 2.74 bits per heavy atom. The van der Waals surface area contributed by atoms with Crippen LogP contribution in [0.2, 0.25) is 0 Å². The molecule has 0 bridgehead atoms. The minimum absolute atomic E-state index is 0.122. The summed E-state index contributed by atoms with van der Waals surface area (Å²) in [6.07, 6.45) is 5.46. The molecule has 0 aliphatic heterocycles. The Hall–Kier alpha value is -1.16. The van der Waals surface area contributed by atoms with Crippen LogP contribution in [-0.2, 0) is 16.0 Å². The fourth-order valence-electron chi connectivity index (χ4n) is 2.06. The van der Waals surface area contributed by atoms with Gasteiger partial charge >= 0.3 is 5.97 Å². The second-order valence-corrected chi connectivity index (χ2v) is 6.49. The first kappa shape index (κ1) is 15.9. The number of nitrogens with zero attached hydrogens (tertiary/aromatic N) is 1. The number of rotatable bonds is 6. The Morgan fingerprint density at radius 1 is 1.58 bits per heavy atom. The van der Waals surface area contributed by atoms with Gasteiger partial charge in [0.15, 0.2) is 0 Å². The molecule has 4 heteroatoms. The van der Waals surface area contributed by atoms with Crippen LogP contribution in [0.15, 0.2) is 17.5 Å². The Labute approximate surface area is 119 Å². The van der Waals surface area contributed by atoms with E-state index in [4.69, 9.17) is 4.74 Å². The Kier molecular flexibility index (Phi) is 5.73. The normalized spacial score (nSPS) is 13.7. The van der Waals surface area contributed by atoms with Gasteiger partial charge < -0.3 is 4.74 Å². The summed E-state index contributed by atoms with van der Waals surface area (Å²) in [6.45, 7) is 9.69. The second kappa shape index (κ2) is 6.85. The van der Waals surface area contributed by atoms with Crippen molar-refractivity contribution in [2.24, 2.45) is 5.41 Å². The molecule has 1 heterocycles. The fourth-order valence-corrected chi connectivity index (χ4v) is 2.67. The highest BCUT2D eigenvalue weighted by Gasteiger charge is 2.32. The molecule has 1 atom stereocenters. The molecule has 3 nitrogen and oxygen atoms in total. The van der Waals surface area contributed by atoms with Gasteiger partial charge in [0.25, 0.3) is 0 Å². The van der Waals surface area contributed by atoms with Gasteiger partial charge in [-0.3, -0.25) is 4.79 Å². The maximum absolute atomic E-state index is 11.3. The molecule has 0 N–H and O–H groups in total. The molecule has 0 aliphatic rings. The zero-order valence-electron chi connectivity index (χ0n) is 12.4. The topological polar surface area (TPSA) is 39.2 Å². The number of hydrogen-bond acceptors (Lipinski definition) is 4. The standard InChI is InChI=1S/C15H23NO2S/c1-6-7-8-14(18-12(3)17)15(4,5)9-13-10-19-11(2)16-13/h6-7,10,14H,8-9H2,1-5H3/b7-6-/t14-/m0/s1. The molecule has 0 amide bonds. The number of carbonyl (C=O) groups excluding carboxylic acids is 1. The van der Waals surface area contributed by atoms with Gasteiger partial charge in [0, 0.05) is 24.1 Å². The lowest BCUT2D eigenvalue weighted by atomic mass is 9.80. The van der Waals surface area contributed by atoms with Gasteiger partial charge in [0.1, 0.15) is 6.10 Å². The molecule has 19 heavy (non-hydrogen) atoms. The molecule has 1 aromatic rings. The number of thiazole rings is 1. The van der Waals surface area contributed by atoms with Crippen LogP contribution in [0.1, 0.15) is 44.8 Å². The molecule has 1 rings (SSSR count). The van der Waals surface area contributed by atoms with Crippen molar-refractivity contribution in [3.8, 4) is 0 Å². The summed E-state index contributed by atoms with van der Waals surface area (Å²) in [7, 11) is 0. The lowest BCUT2D eigenvalue weighted by Gasteiger charge is -2.32. The number of carbonyl (C=O) groups is 1. The van der Waals surface area contributed by atoms with E-state index in [1.807, 2.05) is 26.0 Å². The zero-order chi connectivity index (χ0) is 14.5. The van der Waals surface area contributed by atoms with Crippen LogP contribution < -0.4 is 0 Å². The van der Waals surface area contributed by atoms with Crippen LogP contribution in [0.25, 0.3) is 0 Å². The van der Waals surface area contributed by atoms with E-state index >= 15 is 0 Å². The van der Waals surface area contributed by atoms with Crippen molar-refractivity contribution in [2.75, 3.05) is 0 Å². The fraction of sp³-hybridized carbons (Fsp3) is 0.600. The van der Waals surface area contributed by atoms with E-state index in [2.05, 4.69) is 24.2 Å². The third-order valence-corrected chi connectivity index (χ3v) is 3.89. The lowest BCUT2D eigenvalue weighted by Crippen LogP contribution is -2.35. The minimum Gasteiger partial charge on any atom is -0.462 e. The van der Waals surface area contributed by atoms with Crippen molar-refractivity contribution in [1.29, 1.82) is 0 Å². The number of aromatic nitrogens is 1. The summed E-state index contributed by atoms with van der Waals surface area (Å²) in [5, 5.41) is 3.15. The van der Waals surface area contributed by atoms with Gasteiger partial charge in [-0.15, -0.1) is 11.3 Å². The van der Waals surface area contributed by atoms with Crippen LogP contribution >= 0.6 is 11.3 Å². The van der Waals surface area contributed by atoms with Gasteiger partial charge in [0.2, 0.25) is 0 Å². The molecule has 0 spiro atoms. The number of allylic oxidation sites excluding steroid dienone is 1. The second-order valence-electron chi connectivity index (χ2n) is 5.43. The Balaban J connectivity index is 2.81. The van der Waals surface area contributed by atoms with Crippen molar-refractivity contribution in [3.05, 3.63) is 28.2 Å². The molecule has 1 aromatic heterocycles. The third kappa shape index (κ3) is 5.15. The molecule has 0 saturated carbocycles. The average molecular weight is 281 g/mol. The number of aryl methyl sites for hydroxylation is 1. The van der Waals surface area contributed by atoms with E-state index in [1.54, 1.807) is 11.3 Å². The SMILES string of the molecule is C/C=C\C[C@H](OC(C)=O)C(C)(C)Cc1csc(C)n1. The van der Waals surface area contributed by atoms with Crippen LogP contribution in [-0.4, -0.2) is 17.1 Å². The van der Waals surface area contributed by atoms with Crippen LogP contribution in [0.4, 0.5) is 0 Å². The lowest BCUT2D eigenvalue weighted by molar-refractivity contribution is -0.152. The van der Waals surface area contributed by atoms with Gasteiger partial charge in [-0.25, -0.2) is 4.98 Å². The number of ether oxygens (including phenoxy) is 1. The molecule has 0 fully saturated rings. The van der Waals surface area contributed by atoms with E-state index in [9.17, 15) is 4.79 Å². The molecule has 0 unspecified atom stereocenters. The van der Waals surface area contributed by atoms with Crippen molar-refractivity contribution in [1.82, 2.24) is 4.98 Å². The molecule has 0 radical (unpaired) electrons. The van der Waals surface area contributed by atoms with Crippen molar-refractivity contribution >= 4 is 17.3 Å². The number of esters is 1. The van der Waals surface area contributed by atoms with E-state index < -0.39 is 0 Å². The third-order valence-electron chi connectivity index (χ3n) is 3.07. The van der Waals surface area contributed by atoms with Gasteiger partial charge in [-0.05, 0) is 20.3 Å². The number of hydrogen-bond donors (Lipinski definition) is 0. The maximum Gasteiger partial charge on any atom is 0.302 e. The van der Waals surface area contributed by atoms with Gasteiger partial charge in [-0.1, -0.05) is 26.0 Å². The van der Waals surface area contributed by atoms with Crippen LogP contribution in [0.3, 0.4) is 0 Å². The van der Waals surface area contributed by atoms with E-state index in [-0.39, 0.29) is 17.5 Å². The first-order chi connectivity index (χ1) is 8.85. The summed E-state index contributed by atoms with van der Waals surface area (Å²) >= 11 is 1.66. The van der Waals surface area contributed by atoms with E-state index in [0.717, 1.165) is 23.5 Å². The molecule has 106 valence electrons. The molecule has 0 aliphatic carbocycles. The van der Waals surface area contributed by atoms with Gasteiger partial charge in [0.05, 0.1) is 10.7 Å². The Bertz CT molecular complexity index is 449. The largest absolute Gasteiger partial charge is 0.462 e. The highest BCUT2D eigenvalue weighted by atomic mass is 32.1. The van der Waals surface area contributed by atoms with Crippen molar-refractivity contribution < 1.29 is 9.53 Å². The van der Waals surface area contributed by atoms with Crippen molar-refractivity contribution in [2.45, 2.75) is 53.6 Å². The predicted octanol–water partition coefficient (Wildman–Crippen LogP) is 3.92. The van der Waals surface area contributed by atoms with Gasteiger partial charge in [-0.2, -0.15) is 0 Å². The highest BCUT2D eigenvalue weighted by Crippen LogP contribution is 2.31. The first-order valence-electron chi connectivity index (χ1n) is 6.54. The summed E-state index contributed by atoms with van der Waals surface area (Å²) in [5.74, 6) is -0.225. The summed E-state index contributed by atoms with van der Waals surface area (Å²) in [5.41, 5.74) is 0.941. The maximum atomic E-state index is 11.3. The van der Waals surface area contributed by atoms with E-state index in [0.29, 0.717) is 0 Å². The van der Waals surface area contributed by atoms with Crippen LogP contribution in [0.5, 0.6) is 0 Å². The first-order valence-corrected chi connectivity index (χ1v) is 7.42. The summed E-state index contributed by atoms with van der Waals surface area (Å²) < 4.78 is 5.48. The smallest absolute Gasteiger partial charge is 0.302 e. The molecular formula is C15H23NO2S. The van der Waals surface area contributed by atoms with Crippen LogP contribution in [0, 0.1) is 12.3 Å². The van der Waals surface area contributed by atoms with E-state index in [1.165, 1.54) is 6.92 Å². The zero-order valence-corrected chi connectivity index (χ0v) is 13.2. The highest BCUT2D eigenvalue weighted by molar-refractivity contribution is 7.09. The summed E-state index contributed by atoms with van der Waals surface area (Å²) in [4.78, 5) is 15.8. The molecule has 0 aromatic carbocycles. The molecular weight excluding hydrogens is 258 g/mol. The molecule has 0 saturated heterocycles. The van der Waals surface area contributed by atoms with Crippen molar-refractivity contribution in [3.63, 3.8) is 0 Å². The minimum atomic E-state index is -0.225. The predicted molar refractivity (Wildman–Crippen MR) is 79.3 cm³/mol.